The number of nitrogens with zero attached hydrogens (tertiary/aromatic N) is 3. The summed E-state index contributed by atoms with van der Waals surface area (Å²) in [6.07, 6.45) is 8.47. The molecule has 4 nitrogen and oxygen atoms in total. The van der Waals surface area contributed by atoms with Gasteiger partial charge in [0, 0.05) is 7.05 Å². The molecule has 0 radical (unpaired) electrons. The van der Waals surface area contributed by atoms with Crippen molar-refractivity contribution in [3.8, 4) is 0 Å². The molecule has 1 aliphatic carbocycles. The lowest BCUT2D eigenvalue weighted by Gasteiger charge is -2.32. The molecule has 0 spiro atoms. The molecule has 3 unspecified atom stereocenters. The van der Waals surface area contributed by atoms with Crippen molar-refractivity contribution in [3.05, 3.63) is 11.9 Å². The Kier molecular flexibility index (Phi) is 4.75. The Morgan fingerprint density at radius 1 is 1.50 bits per heavy atom. The Labute approximate surface area is 110 Å². The van der Waals surface area contributed by atoms with Crippen LogP contribution >= 0.6 is 0 Å². The van der Waals surface area contributed by atoms with E-state index in [4.69, 9.17) is 0 Å². The minimum atomic E-state index is 0.390. The van der Waals surface area contributed by atoms with E-state index in [0.717, 1.165) is 24.1 Å². The SMILES string of the molecule is CCCNC(c1cnn(C)n1)C1CCCC(C)C1. The van der Waals surface area contributed by atoms with Gasteiger partial charge in [-0.1, -0.05) is 26.7 Å². The third-order valence-corrected chi connectivity index (χ3v) is 4.00. The molecule has 1 aromatic heterocycles. The Hall–Kier alpha value is -0.900. The number of rotatable bonds is 5. The maximum absolute atomic E-state index is 4.51. The van der Waals surface area contributed by atoms with E-state index in [1.807, 2.05) is 13.2 Å². The Balaban J connectivity index is 2.08. The molecule has 3 atom stereocenters. The summed E-state index contributed by atoms with van der Waals surface area (Å²) < 4.78 is 0. The Morgan fingerprint density at radius 2 is 2.33 bits per heavy atom. The van der Waals surface area contributed by atoms with E-state index >= 15 is 0 Å². The van der Waals surface area contributed by atoms with Gasteiger partial charge in [-0.05, 0) is 37.6 Å². The van der Waals surface area contributed by atoms with E-state index in [2.05, 4.69) is 29.4 Å². The number of nitrogens with one attached hydrogen (secondary N) is 1. The molecule has 0 saturated heterocycles. The van der Waals surface area contributed by atoms with Gasteiger partial charge in [-0.25, -0.2) is 0 Å². The van der Waals surface area contributed by atoms with Crippen LogP contribution < -0.4 is 5.32 Å². The molecule has 0 bridgehead atoms. The first-order valence-electron chi connectivity index (χ1n) is 7.30. The van der Waals surface area contributed by atoms with Gasteiger partial charge in [0.1, 0.15) is 0 Å². The first-order valence-corrected chi connectivity index (χ1v) is 7.30. The molecule has 4 heteroatoms. The van der Waals surface area contributed by atoms with Crippen molar-refractivity contribution in [3.63, 3.8) is 0 Å². The zero-order chi connectivity index (χ0) is 13.0. The van der Waals surface area contributed by atoms with Gasteiger partial charge in [0.05, 0.1) is 17.9 Å². The van der Waals surface area contributed by atoms with Gasteiger partial charge in [0.2, 0.25) is 0 Å². The molecule has 1 heterocycles. The van der Waals surface area contributed by atoms with Crippen LogP contribution in [0.1, 0.15) is 57.7 Å². The van der Waals surface area contributed by atoms with Crippen LogP contribution in [0.5, 0.6) is 0 Å². The summed E-state index contributed by atoms with van der Waals surface area (Å²) in [5, 5.41) is 12.4. The second kappa shape index (κ2) is 6.32. The van der Waals surface area contributed by atoms with Gasteiger partial charge < -0.3 is 5.32 Å². The molecular formula is C14H26N4. The van der Waals surface area contributed by atoms with Gasteiger partial charge in [0.25, 0.3) is 0 Å². The monoisotopic (exact) mass is 250 g/mol. The van der Waals surface area contributed by atoms with Crippen molar-refractivity contribution in [1.29, 1.82) is 0 Å². The van der Waals surface area contributed by atoms with Crippen LogP contribution in [0.25, 0.3) is 0 Å². The summed E-state index contributed by atoms with van der Waals surface area (Å²) in [5.74, 6) is 1.57. The van der Waals surface area contributed by atoms with Gasteiger partial charge in [-0.15, -0.1) is 0 Å². The van der Waals surface area contributed by atoms with E-state index in [9.17, 15) is 0 Å². The average Bonchev–Trinajstić information content (AvgIpc) is 2.76. The second-order valence-corrected chi connectivity index (χ2v) is 5.72. The third kappa shape index (κ3) is 3.31. The highest BCUT2D eigenvalue weighted by atomic mass is 15.5. The molecule has 102 valence electrons. The molecule has 0 aliphatic heterocycles. The summed E-state index contributed by atoms with van der Waals surface area (Å²) in [5.41, 5.74) is 1.12. The molecule has 18 heavy (non-hydrogen) atoms. The molecular weight excluding hydrogens is 224 g/mol. The fourth-order valence-corrected chi connectivity index (χ4v) is 3.10. The molecule has 1 aliphatic rings. The van der Waals surface area contributed by atoms with Crippen LogP contribution in [-0.4, -0.2) is 21.5 Å². The minimum Gasteiger partial charge on any atom is -0.308 e. The summed E-state index contributed by atoms with van der Waals surface area (Å²) >= 11 is 0. The van der Waals surface area contributed by atoms with E-state index in [0.29, 0.717) is 6.04 Å². The summed E-state index contributed by atoms with van der Waals surface area (Å²) in [7, 11) is 1.89. The fraction of sp³-hybridized carbons (Fsp3) is 0.857. The van der Waals surface area contributed by atoms with Crippen LogP contribution in [0.15, 0.2) is 6.20 Å². The molecule has 1 N–H and O–H groups in total. The van der Waals surface area contributed by atoms with E-state index in [1.54, 1.807) is 4.80 Å². The lowest BCUT2D eigenvalue weighted by molar-refractivity contribution is 0.220. The lowest BCUT2D eigenvalue weighted by atomic mass is 9.78. The molecule has 0 aromatic carbocycles. The van der Waals surface area contributed by atoms with Crippen molar-refractivity contribution in [1.82, 2.24) is 20.3 Å². The van der Waals surface area contributed by atoms with Crippen molar-refractivity contribution in [2.75, 3.05) is 6.54 Å². The minimum absolute atomic E-state index is 0.390. The van der Waals surface area contributed by atoms with Gasteiger partial charge in [-0.2, -0.15) is 15.0 Å². The third-order valence-electron chi connectivity index (χ3n) is 4.00. The molecule has 1 saturated carbocycles. The topological polar surface area (TPSA) is 42.7 Å². The number of hydrogen-bond donors (Lipinski definition) is 1. The molecule has 1 fully saturated rings. The van der Waals surface area contributed by atoms with Gasteiger partial charge in [-0.3, -0.25) is 0 Å². The van der Waals surface area contributed by atoms with Crippen LogP contribution in [0.2, 0.25) is 0 Å². The zero-order valence-corrected chi connectivity index (χ0v) is 11.9. The van der Waals surface area contributed by atoms with Crippen LogP contribution in [0.3, 0.4) is 0 Å². The Bertz CT molecular complexity index is 360. The smallest absolute Gasteiger partial charge is 0.0999 e. The van der Waals surface area contributed by atoms with Crippen LogP contribution in [0, 0.1) is 11.8 Å². The van der Waals surface area contributed by atoms with Crippen molar-refractivity contribution in [2.24, 2.45) is 18.9 Å². The molecule has 2 rings (SSSR count). The summed E-state index contributed by atoms with van der Waals surface area (Å²) in [6.45, 7) is 5.65. The maximum Gasteiger partial charge on any atom is 0.0999 e. The number of aryl methyl sites for hydroxylation is 1. The summed E-state index contributed by atoms with van der Waals surface area (Å²) in [6, 6.07) is 0.390. The highest BCUT2D eigenvalue weighted by molar-refractivity contribution is 5.03. The van der Waals surface area contributed by atoms with Crippen molar-refractivity contribution in [2.45, 2.75) is 52.0 Å². The van der Waals surface area contributed by atoms with Gasteiger partial charge >= 0.3 is 0 Å². The quantitative estimate of drug-likeness (QED) is 0.873. The second-order valence-electron chi connectivity index (χ2n) is 5.72. The highest BCUT2D eigenvalue weighted by Gasteiger charge is 2.29. The molecule has 0 amide bonds. The van der Waals surface area contributed by atoms with Gasteiger partial charge in [0.15, 0.2) is 0 Å². The maximum atomic E-state index is 4.51. The summed E-state index contributed by atoms with van der Waals surface area (Å²) in [4.78, 5) is 1.67. The normalized spacial score (nSPS) is 26.2. The molecule has 1 aromatic rings. The zero-order valence-electron chi connectivity index (χ0n) is 11.9. The lowest BCUT2D eigenvalue weighted by Crippen LogP contribution is -2.32. The fourth-order valence-electron chi connectivity index (χ4n) is 3.10. The predicted octanol–water partition coefficient (Wildman–Crippen LogP) is 2.68. The van der Waals surface area contributed by atoms with E-state index in [1.165, 1.54) is 32.1 Å². The average molecular weight is 250 g/mol. The van der Waals surface area contributed by atoms with Crippen LogP contribution in [0.4, 0.5) is 0 Å². The predicted molar refractivity (Wildman–Crippen MR) is 73.2 cm³/mol. The number of aromatic nitrogens is 3. The van der Waals surface area contributed by atoms with Crippen molar-refractivity contribution < 1.29 is 0 Å². The van der Waals surface area contributed by atoms with Crippen molar-refractivity contribution >= 4 is 0 Å². The standard InChI is InChI=1S/C14H26N4/c1-4-8-15-14(13-10-16-18(3)17-13)12-7-5-6-11(2)9-12/h10-12,14-15H,4-9H2,1-3H3. The van der Waals surface area contributed by atoms with E-state index < -0.39 is 0 Å². The first-order chi connectivity index (χ1) is 8.70. The largest absolute Gasteiger partial charge is 0.308 e. The van der Waals surface area contributed by atoms with Crippen LogP contribution in [-0.2, 0) is 7.05 Å². The highest BCUT2D eigenvalue weighted by Crippen LogP contribution is 2.36. The Morgan fingerprint density at radius 3 is 2.94 bits per heavy atom. The first kappa shape index (κ1) is 13.5. The van der Waals surface area contributed by atoms with E-state index in [-0.39, 0.29) is 0 Å². The number of hydrogen-bond acceptors (Lipinski definition) is 3.